The monoisotopic (exact) mass is 363 g/mol. The zero-order valence-electron chi connectivity index (χ0n) is 13.5. The molecule has 1 fully saturated rings. The van der Waals surface area contributed by atoms with Crippen molar-refractivity contribution in [1.82, 2.24) is 9.78 Å². The molecule has 2 aromatic rings. The first-order valence-corrected chi connectivity index (χ1v) is 9.21. The van der Waals surface area contributed by atoms with Crippen molar-refractivity contribution in [2.75, 3.05) is 5.32 Å². The van der Waals surface area contributed by atoms with Crippen LogP contribution >= 0.6 is 22.9 Å². The first-order valence-electron chi connectivity index (χ1n) is 8.02. The molecule has 4 rings (SSSR count). The van der Waals surface area contributed by atoms with Crippen LogP contribution in [-0.4, -0.2) is 20.9 Å². The SMILES string of the molecule is CCC1(c2ccc(Cl)s2)C(C(=O)O)=C(C2CC2)Nc2c1cnn2C. The molecule has 1 aliphatic carbocycles. The Balaban J connectivity index is 2.07. The molecular weight excluding hydrogens is 346 g/mol. The summed E-state index contributed by atoms with van der Waals surface area (Å²) < 4.78 is 2.45. The Kier molecular flexibility index (Phi) is 3.51. The second-order valence-corrected chi connectivity index (χ2v) is 8.10. The Bertz CT molecular complexity index is 865. The van der Waals surface area contributed by atoms with Crippen molar-refractivity contribution >= 4 is 34.7 Å². The topological polar surface area (TPSA) is 67.2 Å². The van der Waals surface area contributed by atoms with Gasteiger partial charge in [0.1, 0.15) is 5.82 Å². The molecule has 1 aliphatic heterocycles. The van der Waals surface area contributed by atoms with Gasteiger partial charge in [-0.3, -0.25) is 4.68 Å². The van der Waals surface area contributed by atoms with E-state index in [1.807, 2.05) is 26.1 Å². The van der Waals surface area contributed by atoms with Gasteiger partial charge in [-0.05, 0) is 37.3 Å². The molecule has 1 saturated carbocycles. The van der Waals surface area contributed by atoms with Crippen molar-refractivity contribution in [2.45, 2.75) is 31.6 Å². The van der Waals surface area contributed by atoms with Gasteiger partial charge in [-0.25, -0.2) is 4.79 Å². The van der Waals surface area contributed by atoms with Crippen LogP contribution in [0.4, 0.5) is 5.82 Å². The van der Waals surface area contributed by atoms with Crippen LogP contribution in [0.5, 0.6) is 0 Å². The maximum absolute atomic E-state index is 12.3. The number of carboxylic acid groups (broad SMARTS) is 1. The lowest BCUT2D eigenvalue weighted by Crippen LogP contribution is -2.39. The van der Waals surface area contributed by atoms with E-state index in [1.165, 1.54) is 11.3 Å². The van der Waals surface area contributed by atoms with Gasteiger partial charge in [0.15, 0.2) is 0 Å². The Morgan fingerprint density at radius 1 is 1.54 bits per heavy atom. The average molecular weight is 364 g/mol. The van der Waals surface area contributed by atoms with Crippen LogP contribution in [-0.2, 0) is 17.3 Å². The molecule has 7 heteroatoms. The number of rotatable bonds is 4. The molecule has 1 unspecified atom stereocenters. The summed E-state index contributed by atoms with van der Waals surface area (Å²) in [5.41, 5.74) is 1.49. The number of halogens is 1. The van der Waals surface area contributed by atoms with Crippen molar-refractivity contribution in [3.05, 3.63) is 44.4 Å². The fraction of sp³-hybridized carbons (Fsp3) is 0.412. The number of hydrogen-bond acceptors (Lipinski definition) is 4. The highest BCUT2D eigenvalue weighted by Gasteiger charge is 2.50. The molecule has 0 radical (unpaired) electrons. The molecule has 2 N–H and O–H groups in total. The van der Waals surface area contributed by atoms with Crippen molar-refractivity contribution in [3.63, 3.8) is 0 Å². The average Bonchev–Trinajstić information content (AvgIpc) is 3.21. The molecule has 24 heavy (non-hydrogen) atoms. The molecule has 0 amide bonds. The number of aliphatic carboxylic acids is 1. The molecule has 2 aromatic heterocycles. The normalized spacial score (nSPS) is 23.1. The van der Waals surface area contributed by atoms with Crippen LogP contribution in [0.15, 0.2) is 29.6 Å². The Morgan fingerprint density at radius 2 is 2.29 bits per heavy atom. The molecule has 0 spiro atoms. The summed E-state index contributed by atoms with van der Waals surface area (Å²) in [6, 6.07) is 3.79. The van der Waals surface area contributed by atoms with E-state index in [2.05, 4.69) is 10.4 Å². The van der Waals surface area contributed by atoms with Crippen molar-refractivity contribution in [1.29, 1.82) is 0 Å². The highest BCUT2D eigenvalue weighted by molar-refractivity contribution is 7.16. The van der Waals surface area contributed by atoms with Crippen molar-refractivity contribution < 1.29 is 9.90 Å². The number of carboxylic acids is 1. The van der Waals surface area contributed by atoms with Crippen LogP contribution in [0.3, 0.4) is 0 Å². The molecule has 0 aromatic carbocycles. The van der Waals surface area contributed by atoms with Gasteiger partial charge in [0, 0.05) is 23.2 Å². The number of aryl methyl sites for hydroxylation is 1. The van der Waals surface area contributed by atoms with Gasteiger partial charge >= 0.3 is 5.97 Å². The van der Waals surface area contributed by atoms with Crippen LogP contribution in [0.25, 0.3) is 0 Å². The maximum Gasteiger partial charge on any atom is 0.334 e. The van der Waals surface area contributed by atoms with Gasteiger partial charge in [0.2, 0.25) is 0 Å². The smallest absolute Gasteiger partial charge is 0.334 e. The number of nitrogens with zero attached hydrogens (tertiary/aromatic N) is 2. The lowest BCUT2D eigenvalue weighted by Gasteiger charge is -2.38. The van der Waals surface area contributed by atoms with Gasteiger partial charge in [0.25, 0.3) is 0 Å². The van der Waals surface area contributed by atoms with Crippen LogP contribution in [0.1, 0.15) is 36.6 Å². The van der Waals surface area contributed by atoms with E-state index in [9.17, 15) is 9.90 Å². The summed E-state index contributed by atoms with van der Waals surface area (Å²) in [5, 5.41) is 17.9. The molecule has 5 nitrogen and oxygen atoms in total. The second-order valence-electron chi connectivity index (χ2n) is 6.39. The van der Waals surface area contributed by atoms with E-state index in [1.54, 1.807) is 10.9 Å². The number of allylic oxidation sites excluding steroid dienone is 1. The number of thiophene rings is 1. The van der Waals surface area contributed by atoms with E-state index in [0.29, 0.717) is 22.2 Å². The first-order chi connectivity index (χ1) is 11.5. The summed E-state index contributed by atoms with van der Waals surface area (Å²) in [6.07, 6.45) is 4.47. The third kappa shape index (κ3) is 2.06. The van der Waals surface area contributed by atoms with Crippen LogP contribution in [0.2, 0.25) is 4.34 Å². The molecule has 0 bridgehead atoms. The predicted molar refractivity (Wildman–Crippen MR) is 94.6 cm³/mol. The van der Waals surface area contributed by atoms with Gasteiger partial charge in [0.05, 0.1) is 21.5 Å². The van der Waals surface area contributed by atoms with Gasteiger partial charge in [-0.1, -0.05) is 18.5 Å². The molecular formula is C17H18ClN3O2S. The van der Waals surface area contributed by atoms with Gasteiger partial charge in [-0.15, -0.1) is 11.3 Å². The fourth-order valence-corrected chi connectivity index (χ4v) is 5.09. The Morgan fingerprint density at radius 3 is 2.83 bits per heavy atom. The molecule has 126 valence electrons. The second kappa shape index (κ2) is 5.36. The standard InChI is InChI=1S/C17H18ClN3O2S/c1-3-17(11-6-7-12(18)24-11)10-8-19-21(2)15(10)20-14(9-4-5-9)13(17)16(22)23/h6-9,20H,3-5H2,1-2H3,(H,22,23). The third-order valence-electron chi connectivity index (χ3n) is 5.07. The summed E-state index contributed by atoms with van der Waals surface area (Å²) in [5.74, 6) is 0.305. The van der Waals surface area contributed by atoms with E-state index in [0.717, 1.165) is 34.8 Å². The third-order valence-corrected chi connectivity index (χ3v) is 6.46. The number of fused-ring (bicyclic) bond motifs is 1. The molecule has 3 heterocycles. The van der Waals surface area contributed by atoms with E-state index < -0.39 is 11.4 Å². The zero-order valence-corrected chi connectivity index (χ0v) is 15.0. The van der Waals surface area contributed by atoms with E-state index >= 15 is 0 Å². The quantitative estimate of drug-likeness (QED) is 0.861. The number of hydrogen-bond donors (Lipinski definition) is 2. The first kappa shape index (κ1) is 15.7. The zero-order chi connectivity index (χ0) is 17.1. The minimum atomic E-state index is -0.870. The minimum absolute atomic E-state index is 0.292. The number of carbonyl (C=O) groups is 1. The largest absolute Gasteiger partial charge is 0.478 e. The molecule has 0 saturated heterocycles. The molecule has 2 aliphatic rings. The lowest BCUT2D eigenvalue weighted by molar-refractivity contribution is -0.133. The number of nitrogens with one attached hydrogen (secondary N) is 1. The van der Waals surface area contributed by atoms with Gasteiger partial charge in [-0.2, -0.15) is 5.10 Å². The van der Waals surface area contributed by atoms with Crippen molar-refractivity contribution in [2.24, 2.45) is 13.0 Å². The highest BCUT2D eigenvalue weighted by atomic mass is 35.5. The fourth-order valence-electron chi connectivity index (χ4n) is 3.77. The number of anilines is 1. The van der Waals surface area contributed by atoms with E-state index in [4.69, 9.17) is 11.6 Å². The Labute approximate surface area is 148 Å². The highest BCUT2D eigenvalue weighted by Crippen LogP contribution is 2.54. The molecule has 1 atom stereocenters. The summed E-state index contributed by atoms with van der Waals surface area (Å²) in [6.45, 7) is 2.03. The summed E-state index contributed by atoms with van der Waals surface area (Å²) in [4.78, 5) is 13.3. The Hall–Kier alpha value is -1.79. The van der Waals surface area contributed by atoms with E-state index in [-0.39, 0.29) is 0 Å². The summed E-state index contributed by atoms with van der Waals surface area (Å²) >= 11 is 7.64. The summed E-state index contributed by atoms with van der Waals surface area (Å²) in [7, 11) is 1.88. The van der Waals surface area contributed by atoms with Crippen molar-refractivity contribution in [3.8, 4) is 0 Å². The minimum Gasteiger partial charge on any atom is -0.478 e. The van der Waals surface area contributed by atoms with Gasteiger partial charge < -0.3 is 10.4 Å². The van der Waals surface area contributed by atoms with Crippen LogP contribution < -0.4 is 5.32 Å². The van der Waals surface area contributed by atoms with Crippen LogP contribution in [0, 0.1) is 5.92 Å². The lowest BCUT2D eigenvalue weighted by atomic mass is 9.68. The predicted octanol–water partition coefficient (Wildman–Crippen LogP) is 4.01. The maximum atomic E-state index is 12.3. The number of aromatic nitrogens is 2.